The van der Waals surface area contributed by atoms with E-state index in [1.165, 1.54) is 5.56 Å². The normalized spacial score (nSPS) is 19.1. The fraction of sp³-hybridized carbons (Fsp3) is 0.385. The molecule has 1 aromatic heterocycles. The summed E-state index contributed by atoms with van der Waals surface area (Å²) >= 11 is 0. The van der Waals surface area contributed by atoms with E-state index in [9.17, 15) is 0 Å². The number of rotatable bonds is 1. The van der Waals surface area contributed by atoms with E-state index in [1.807, 2.05) is 4.68 Å². The van der Waals surface area contributed by atoms with Crippen molar-refractivity contribution in [2.24, 2.45) is 5.73 Å². The average Bonchev–Trinajstić information content (AvgIpc) is 2.72. The molecular weight excluding hydrogens is 212 g/mol. The summed E-state index contributed by atoms with van der Waals surface area (Å²) < 4.78 is 1.95. The number of nitrogens with two attached hydrogens (primary N) is 1. The molecule has 0 spiro atoms. The zero-order valence-corrected chi connectivity index (χ0v) is 9.93. The summed E-state index contributed by atoms with van der Waals surface area (Å²) in [5, 5.41) is 4.53. The van der Waals surface area contributed by atoms with Gasteiger partial charge in [-0.2, -0.15) is 5.10 Å². The second-order valence-electron chi connectivity index (χ2n) is 4.70. The molecule has 2 N–H and O–H groups in total. The molecular formula is C13H16N4. The van der Waals surface area contributed by atoms with Crippen molar-refractivity contribution in [2.75, 3.05) is 0 Å². The average molecular weight is 228 g/mol. The van der Waals surface area contributed by atoms with Gasteiger partial charge < -0.3 is 5.73 Å². The van der Waals surface area contributed by atoms with Gasteiger partial charge in [-0.3, -0.25) is 0 Å². The molecule has 2 aromatic rings. The summed E-state index contributed by atoms with van der Waals surface area (Å²) in [5.41, 5.74) is 8.25. The maximum Gasteiger partial charge on any atom is 0.181 e. The lowest BCUT2D eigenvalue weighted by molar-refractivity contribution is 0.422. The molecule has 1 aliphatic rings. The molecule has 1 aromatic carbocycles. The Kier molecular flexibility index (Phi) is 2.44. The van der Waals surface area contributed by atoms with E-state index >= 15 is 0 Å². The molecule has 2 heterocycles. The molecule has 4 heteroatoms. The van der Waals surface area contributed by atoms with Crippen LogP contribution in [0.2, 0.25) is 0 Å². The van der Waals surface area contributed by atoms with E-state index in [4.69, 9.17) is 5.73 Å². The van der Waals surface area contributed by atoms with Gasteiger partial charge in [-0.15, -0.1) is 0 Å². The van der Waals surface area contributed by atoms with Gasteiger partial charge in [-0.1, -0.05) is 29.8 Å². The highest BCUT2D eigenvalue weighted by atomic mass is 15.4. The third kappa shape index (κ3) is 1.96. The largest absolute Gasteiger partial charge is 0.326 e. The van der Waals surface area contributed by atoms with E-state index in [-0.39, 0.29) is 6.04 Å². The summed E-state index contributed by atoms with van der Waals surface area (Å²) in [6.07, 6.45) is 1.94. The smallest absolute Gasteiger partial charge is 0.181 e. The maximum absolute atomic E-state index is 5.93. The quantitative estimate of drug-likeness (QED) is 0.805. The second kappa shape index (κ2) is 3.96. The Labute approximate surface area is 100 Å². The van der Waals surface area contributed by atoms with Crippen molar-refractivity contribution in [2.45, 2.75) is 32.4 Å². The number of fused-ring (bicyclic) bond motifs is 1. The summed E-state index contributed by atoms with van der Waals surface area (Å²) in [5.74, 6) is 1.87. The third-order valence-corrected chi connectivity index (χ3v) is 3.20. The van der Waals surface area contributed by atoms with Crippen molar-refractivity contribution in [1.29, 1.82) is 0 Å². The molecule has 0 radical (unpaired) electrons. The van der Waals surface area contributed by atoms with E-state index in [0.717, 1.165) is 36.6 Å². The van der Waals surface area contributed by atoms with Crippen molar-refractivity contribution < 1.29 is 0 Å². The fourth-order valence-corrected chi connectivity index (χ4v) is 2.16. The minimum Gasteiger partial charge on any atom is -0.326 e. The van der Waals surface area contributed by atoms with Crippen molar-refractivity contribution in [3.63, 3.8) is 0 Å². The van der Waals surface area contributed by atoms with Gasteiger partial charge in [0.2, 0.25) is 0 Å². The van der Waals surface area contributed by atoms with Crippen molar-refractivity contribution in [1.82, 2.24) is 14.8 Å². The number of aryl methyl sites for hydroxylation is 2. The van der Waals surface area contributed by atoms with Gasteiger partial charge in [0.05, 0.1) is 6.54 Å². The van der Waals surface area contributed by atoms with Gasteiger partial charge in [0.1, 0.15) is 5.82 Å². The lowest BCUT2D eigenvalue weighted by Crippen LogP contribution is -2.32. The van der Waals surface area contributed by atoms with Crippen LogP contribution in [0.5, 0.6) is 0 Å². The molecule has 0 bridgehead atoms. The van der Waals surface area contributed by atoms with Crippen LogP contribution in [-0.4, -0.2) is 20.8 Å². The maximum atomic E-state index is 5.93. The molecule has 1 unspecified atom stereocenters. The van der Waals surface area contributed by atoms with Crippen LogP contribution in [0, 0.1) is 6.92 Å². The first kappa shape index (κ1) is 10.5. The Morgan fingerprint density at radius 2 is 2.06 bits per heavy atom. The van der Waals surface area contributed by atoms with Crippen LogP contribution >= 0.6 is 0 Å². The Bertz CT molecular complexity index is 527. The lowest BCUT2D eigenvalue weighted by Gasteiger charge is -2.17. The summed E-state index contributed by atoms with van der Waals surface area (Å²) in [7, 11) is 0. The predicted molar refractivity (Wildman–Crippen MR) is 66.5 cm³/mol. The Hall–Kier alpha value is -1.68. The van der Waals surface area contributed by atoms with E-state index < -0.39 is 0 Å². The standard InChI is InChI=1S/C13H16N4/c1-9-2-4-10(5-3-9)13-15-12-7-6-11(14)8-17(12)16-13/h2-5,11H,6-8,14H2,1H3. The Morgan fingerprint density at radius 1 is 1.29 bits per heavy atom. The monoisotopic (exact) mass is 228 g/mol. The molecule has 1 atom stereocenters. The number of nitrogens with zero attached hydrogens (tertiary/aromatic N) is 3. The van der Waals surface area contributed by atoms with Gasteiger partial charge in [0.15, 0.2) is 5.82 Å². The highest BCUT2D eigenvalue weighted by Gasteiger charge is 2.19. The first-order valence-corrected chi connectivity index (χ1v) is 5.99. The number of hydrogen-bond acceptors (Lipinski definition) is 3. The van der Waals surface area contributed by atoms with Crippen LogP contribution in [0.3, 0.4) is 0 Å². The van der Waals surface area contributed by atoms with Crippen LogP contribution in [0.1, 0.15) is 17.8 Å². The van der Waals surface area contributed by atoms with Crippen molar-refractivity contribution in [3.05, 3.63) is 35.7 Å². The topological polar surface area (TPSA) is 56.7 Å². The van der Waals surface area contributed by atoms with Gasteiger partial charge in [0, 0.05) is 18.0 Å². The van der Waals surface area contributed by atoms with Crippen LogP contribution < -0.4 is 5.73 Å². The Morgan fingerprint density at radius 3 is 2.82 bits per heavy atom. The van der Waals surface area contributed by atoms with Crippen molar-refractivity contribution >= 4 is 0 Å². The Balaban J connectivity index is 1.97. The summed E-state index contributed by atoms with van der Waals surface area (Å²) in [4.78, 5) is 4.58. The van der Waals surface area contributed by atoms with E-state index in [2.05, 4.69) is 41.3 Å². The third-order valence-electron chi connectivity index (χ3n) is 3.20. The van der Waals surface area contributed by atoms with Gasteiger partial charge in [-0.05, 0) is 13.3 Å². The van der Waals surface area contributed by atoms with Crippen LogP contribution in [-0.2, 0) is 13.0 Å². The van der Waals surface area contributed by atoms with Crippen LogP contribution in [0.4, 0.5) is 0 Å². The van der Waals surface area contributed by atoms with Gasteiger partial charge in [0.25, 0.3) is 0 Å². The van der Waals surface area contributed by atoms with Crippen LogP contribution in [0.25, 0.3) is 11.4 Å². The zero-order chi connectivity index (χ0) is 11.8. The fourth-order valence-electron chi connectivity index (χ4n) is 2.16. The number of aromatic nitrogens is 3. The summed E-state index contributed by atoms with van der Waals surface area (Å²) in [6, 6.07) is 8.52. The molecule has 0 amide bonds. The zero-order valence-electron chi connectivity index (χ0n) is 9.93. The van der Waals surface area contributed by atoms with Crippen molar-refractivity contribution in [3.8, 4) is 11.4 Å². The minimum absolute atomic E-state index is 0.218. The molecule has 0 saturated carbocycles. The predicted octanol–water partition coefficient (Wildman–Crippen LogP) is 1.53. The molecule has 88 valence electrons. The molecule has 0 aliphatic carbocycles. The number of hydrogen-bond donors (Lipinski definition) is 1. The highest BCUT2D eigenvalue weighted by Crippen LogP contribution is 2.19. The summed E-state index contributed by atoms with van der Waals surface area (Å²) in [6.45, 7) is 2.86. The first-order valence-electron chi connectivity index (χ1n) is 5.99. The van der Waals surface area contributed by atoms with E-state index in [1.54, 1.807) is 0 Å². The number of benzene rings is 1. The van der Waals surface area contributed by atoms with E-state index in [0.29, 0.717) is 0 Å². The SMILES string of the molecule is Cc1ccc(-c2nc3n(n2)CC(N)CC3)cc1. The molecule has 0 fully saturated rings. The highest BCUT2D eigenvalue weighted by molar-refractivity contribution is 5.54. The van der Waals surface area contributed by atoms with Crippen LogP contribution in [0.15, 0.2) is 24.3 Å². The molecule has 1 aliphatic heterocycles. The lowest BCUT2D eigenvalue weighted by atomic mass is 10.1. The second-order valence-corrected chi connectivity index (χ2v) is 4.70. The minimum atomic E-state index is 0.218. The molecule has 4 nitrogen and oxygen atoms in total. The van der Waals surface area contributed by atoms with Gasteiger partial charge in [-0.25, -0.2) is 9.67 Å². The molecule has 17 heavy (non-hydrogen) atoms. The first-order chi connectivity index (χ1) is 8.22. The molecule has 0 saturated heterocycles. The molecule has 3 rings (SSSR count). The van der Waals surface area contributed by atoms with Gasteiger partial charge >= 0.3 is 0 Å².